The molecule has 2 heterocycles. The number of ether oxygens (including phenoxy) is 1. The fraction of sp³-hybridized carbons (Fsp3) is 0.650. The highest BCUT2D eigenvalue weighted by Crippen LogP contribution is 2.31. The smallest absolute Gasteiger partial charge is 0.318 e. The number of urea groups is 1. The van der Waals surface area contributed by atoms with E-state index in [0.717, 1.165) is 43.8 Å². The molecule has 3 atom stereocenters. The molecule has 2 aliphatic rings. The molecule has 0 spiro atoms. The lowest BCUT2D eigenvalue weighted by atomic mass is 9.84. The van der Waals surface area contributed by atoms with Crippen LogP contribution < -0.4 is 10.1 Å². The first-order valence-corrected chi connectivity index (χ1v) is 9.40. The minimum absolute atomic E-state index is 0.0651. The van der Waals surface area contributed by atoms with Crippen molar-refractivity contribution in [2.45, 2.75) is 45.2 Å². The quantitative estimate of drug-likeness (QED) is 0.915. The second kappa shape index (κ2) is 7.65. The Bertz CT molecular complexity index is 619. The third-order valence-corrected chi connectivity index (χ3v) is 5.72. The van der Waals surface area contributed by atoms with Crippen molar-refractivity contribution in [3.63, 3.8) is 0 Å². The first-order chi connectivity index (χ1) is 12.0. The summed E-state index contributed by atoms with van der Waals surface area (Å²) in [6.45, 7) is 7.15. The molecular weight excluding hydrogens is 314 g/mol. The summed E-state index contributed by atoms with van der Waals surface area (Å²) < 4.78 is 5.48. The van der Waals surface area contributed by atoms with Crippen molar-refractivity contribution in [3.05, 3.63) is 29.3 Å². The highest BCUT2D eigenvalue weighted by atomic mass is 16.5. The Hall–Kier alpha value is -1.75. The monoisotopic (exact) mass is 345 g/mol. The first kappa shape index (κ1) is 18.1. The van der Waals surface area contributed by atoms with Crippen LogP contribution in [0.15, 0.2) is 18.2 Å². The molecule has 0 saturated carbocycles. The van der Waals surface area contributed by atoms with Crippen LogP contribution in [0.25, 0.3) is 0 Å². The van der Waals surface area contributed by atoms with Gasteiger partial charge in [-0.2, -0.15) is 0 Å². The highest BCUT2D eigenvalue weighted by Gasteiger charge is 2.37. The van der Waals surface area contributed by atoms with Gasteiger partial charge in [-0.25, -0.2) is 4.79 Å². The van der Waals surface area contributed by atoms with Gasteiger partial charge in [-0.05, 0) is 58.7 Å². The predicted octanol–water partition coefficient (Wildman–Crippen LogP) is 3.19. The van der Waals surface area contributed by atoms with Crippen LogP contribution in [-0.4, -0.2) is 55.7 Å². The number of methoxy groups -OCH3 is 1. The van der Waals surface area contributed by atoms with Gasteiger partial charge in [0.2, 0.25) is 0 Å². The summed E-state index contributed by atoms with van der Waals surface area (Å²) in [6.07, 6.45) is 3.42. The Morgan fingerprint density at radius 1 is 1.32 bits per heavy atom. The van der Waals surface area contributed by atoms with Crippen molar-refractivity contribution in [1.82, 2.24) is 15.1 Å². The van der Waals surface area contributed by atoms with Crippen molar-refractivity contribution in [1.29, 1.82) is 0 Å². The Morgan fingerprint density at radius 3 is 2.88 bits per heavy atom. The number of hydrogen-bond donors (Lipinski definition) is 1. The lowest BCUT2D eigenvalue weighted by Crippen LogP contribution is -2.57. The van der Waals surface area contributed by atoms with E-state index in [9.17, 15) is 4.79 Å². The molecule has 1 N–H and O–H groups in total. The van der Waals surface area contributed by atoms with Gasteiger partial charge in [-0.3, -0.25) is 0 Å². The van der Waals surface area contributed by atoms with E-state index in [0.29, 0.717) is 12.0 Å². The summed E-state index contributed by atoms with van der Waals surface area (Å²) in [5.41, 5.74) is 2.21. The van der Waals surface area contributed by atoms with E-state index in [2.05, 4.69) is 35.2 Å². The van der Waals surface area contributed by atoms with Crippen LogP contribution in [0.1, 0.15) is 43.4 Å². The van der Waals surface area contributed by atoms with Crippen LogP contribution in [0.3, 0.4) is 0 Å². The molecular formula is C20H31N3O2. The maximum absolute atomic E-state index is 13.0. The van der Waals surface area contributed by atoms with E-state index in [4.69, 9.17) is 4.74 Å². The largest absolute Gasteiger partial charge is 0.496 e. The first-order valence-electron chi connectivity index (χ1n) is 9.40. The van der Waals surface area contributed by atoms with Gasteiger partial charge in [0, 0.05) is 24.7 Å². The zero-order chi connectivity index (χ0) is 18.0. The second-order valence-corrected chi connectivity index (χ2v) is 7.63. The van der Waals surface area contributed by atoms with Gasteiger partial charge in [-0.1, -0.05) is 17.7 Å². The summed E-state index contributed by atoms with van der Waals surface area (Å²) in [7, 11) is 3.86. The molecule has 5 heteroatoms. The molecule has 0 radical (unpaired) electrons. The normalized spacial score (nSPS) is 25.2. The van der Waals surface area contributed by atoms with Crippen molar-refractivity contribution in [2.24, 2.45) is 5.92 Å². The molecule has 5 nitrogen and oxygen atoms in total. The minimum atomic E-state index is -0.0750. The summed E-state index contributed by atoms with van der Waals surface area (Å²) in [6, 6.07) is 6.48. The van der Waals surface area contributed by atoms with Crippen LogP contribution >= 0.6 is 0 Å². The Kier molecular flexibility index (Phi) is 5.52. The topological polar surface area (TPSA) is 44.8 Å². The Balaban J connectivity index is 1.70. The zero-order valence-electron chi connectivity index (χ0n) is 15.9. The van der Waals surface area contributed by atoms with Crippen LogP contribution in [0.2, 0.25) is 0 Å². The fourth-order valence-electron chi connectivity index (χ4n) is 4.38. The number of carbonyl (C=O) groups is 1. The molecule has 25 heavy (non-hydrogen) atoms. The summed E-state index contributed by atoms with van der Waals surface area (Å²) in [5.74, 6) is 1.44. The third kappa shape index (κ3) is 3.92. The molecule has 3 rings (SSSR count). The Morgan fingerprint density at radius 2 is 2.12 bits per heavy atom. The standard InChI is InChI=1S/C20H31N3O2/c1-14-7-8-19(25-4)17(12-14)15(2)21-20(24)23-10-5-6-16-13-22(3)11-9-18(16)23/h7-8,12,15-16,18H,5-6,9-11,13H2,1-4H3,(H,21,24)/t15-,16+,18+/m0/s1. The number of fused-ring (bicyclic) bond motifs is 1. The number of hydrogen-bond acceptors (Lipinski definition) is 3. The van der Waals surface area contributed by atoms with Crippen molar-refractivity contribution in [2.75, 3.05) is 33.8 Å². The number of amides is 2. The van der Waals surface area contributed by atoms with Crippen LogP contribution in [0.5, 0.6) is 5.75 Å². The van der Waals surface area contributed by atoms with Gasteiger partial charge in [0.1, 0.15) is 5.75 Å². The molecule has 0 aromatic heterocycles. The molecule has 0 unspecified atom stereocenters. The lowest BCUT2D eigenvalue weighted by Gasteiger charge is -2.46. The molecule has 138 valence electrons. The molecule has 2 saturated heterocycles. The molecule has 2 aliphatic heterocycles. The zero-order valence-corrected chi connectivity index (χ0v) is 15.9. The Labute approximate surface area is 151 Å². The average molecular weight is 345 g/mol. The van der Waals surface area contributed by atoms with Gasteiger partial charge in [0.25, 0.3) is 0 Å². The van der Waals surface area contributed by atoms with Crippen molar-refractivity contribution >= 4 is 6.03 Å². The molecule has 1 aromatic carbocycles. The molecule has 0 aliphatic carbocycles. The van der Waals surface area contributed by atoms with Gasteiger partial charge in [0.15, 0.2) is 0 Å². The fourth-order valence-corrected chi connectivity index (χ4v) is 4.38. The van der Waals surface area contributed by atoms with Gasteiger partial charge in [0.05, 0.1) is 13.2 Å². The van der Waals surface area contributed by atoms with E-state index in [1.165, 1.54) is 12.0 Å². The van der Waals surface area contributed by atoms with Gasteiger partial charge >= 0.3 is 6.03 Å². The number of nitrogens with zero attached hydrogens (tertiary/aromatic N) is 2. The summed E-state index contributed by atoms with van der Waals surface area (Å²) in [4.78, 5) is 17.4. The number of piperidine rings is 2. The molecule has 1 aromatic rings. The second-order valence-electron chi connectivity index (χ2n) is 7.63. The van der Waals surface area contributed by atoms with Gasteiger partial charge < -0.3 is 19.9 Å². The van der Waals surface area contributed by atoms with Crippen molar-refractivity contribution < 1.29 is 9.53 Å². The third-order valence-electron chi connectivity index (χ3n) is 5.72. The molecule has 2 amide bonds. The van der Waals surface area contributed by atoms with Crippen molar-refractivity contribution in [3.8, 4) is 5.75 Å². The predicted molar refractivity (Wildman–Crippen MR) is 100 cm³/mol. The van der Waals surface area contributed by atoms with Crippen LogP contribution in [-0.2, 0) is 0 Å². The number of aryl methyl sites for hydroxylation is 1. The van der Waals surface area contributed by atoms with E-state index in [1.54, 1.807) is 7.11 Å². The minimum Gasteiger partial charge on any atom is -0.496 e. The van der Waals surface area contributed by atoms with E-state index >= 15 is 0 Å². The molecule has 2 fully saturated rings. The number of carbonyl (C=O) groups excluding carboxylic acids is 1. The average Bonchev–Trinajstić information content (AvgIpc) is 2.60. The lowest BCUT2D eigenvalue weighted by molar-refractivity contribution is 0.0525. The molecule has 0 bridgehead atoms. The SMILES string of the molecule is COc1ccc(C)cc1[C@H](C)NC(=O)N1CCC[C@@H]2CN(C)CC[C@H]21. The summed E-state index contributed by atoms with van der Waals surface area (Å²) >= 11 is 0. The number of benzene rings is 1. The summed E-state index contributed by atoms with van der Waals surface area (Å²) in [5, 5.41) is 3.21. The van der Waals surface area contributed by atoms with Crippen LogP contribution in [0, 0.1) is 12.8 Å². The number of rotatable bonds is 3. The van der Waals surface area contributed by atoms with Gasteiger partial charge in [-0.15, -0.1) is 0 Å². The van der Waals surface area contributed by atoms with E-state index in [-0.39, 0.29) is 12.1 Å². The van der Waals surface area contributed by atoms with Crippen LogP contribution in [0.4, 0.5) is 4.79 Å². The highest BCUT2D eigenvalue weighted by molar-refractivity contribution is 5.75. The van der Waals surface area contributed by atoms with E-state index in [1.807, 2.05) is 19.1 Å². The number of nitrogens with one attached hydrogen (secondary N) is 1. The maximum Gasteiger partial charge on any atom is 0.318 e. The number of likely N-dealkylation sites (tertiary alicyclic amines) is 2. The van der Waals surface area contributed by atoms with E-state index < -0.39 is 0 Å². The maximum atomic E-state index is 13.0.